The van der Waals surface area contributed by atoms with Crippen molar-refractivity contribution in [1.29, 1.82) is 0 Å². The lowest BCUT2D eigenvalue weighted by Crippen LogP contribution is -2.37. The van der Waals surface area contributed by atoms with Gasteiger partial charge in [0, 0.05) is 7.05 Å². The average molecular weight is 320 g/mol. The molecule has 0 aliphatic heterocycles. The Kier molecular flexibility index (Phi) is 7.80. The summed E-state index contributed by atoms with van der Waals surface area (Å²) in [5.41, 5.74) is 0.873. The van der Waals surface area contributed by atoms with Gasteiger partial charge in [-0.2, -0.15) is 0 Å². The maximum absolute atomic E-state index is 12.4. The highest BCUT2D eigenvalue weighted by atomic mass is 16.5. The molecule has 0 saturated heterocycles. The SMILES string of the molecule is CC[C@@H](C)[C@H](C(=O)OCC(=O)NCC(=O)NC)c1ccccc1. The van der Waals surface area contributed by atoms with Gasteiger partial charge in [0.15, 0.2) is 6.61 Å². The number of rotatable bonds is 8. The van der Waals surface area contributed by atoms with Crippen LogP contribution in [-0.2, 0) is 19.1 Å². The Labute approximate surface area is 136 Å². The normalized spacial score (nSPS) is 12.8. The van der Waals surface area contributed by atoms with E-state index in [1.807, 2.05) is 44.2 Å². The average Bonchev–Trinajstić information content (AvgIpc) is 2.58. The predicted octanol–water partition coefficient (Wildman–Crippen LogP) is 1.22. The zero-order chi connectivity index (χ0) is 17.2. The standard InChI is InChI=1S/C17H24N2O4/c1-4-12(2)16(13-8-6-5-7-9-13)17(22)23-11-15(21)19-10-14(20)18-3/h5-9,12,16H,4,10-11H2,1-3H3,(H,18,20)(H,19,21)/t12-,16+/m1/s1. The number of carbonyl (C=O) groups excluding carboxylic acids is 3. The third-order valence-electron chi connectivity index (χ3n) is 3.70. The monoisotopic (exact) mass is 320 g/mol. The van der Waals surface area contributed by atoms with Gasteiger partial charge in [0.25, 0.3) is 5.91 Å². The fourth-order valence-corrected chi connectivity index (χ4v) is 2.14. The fraction of sp³-hybridized carbons (Fsp3) is 0.471. The van der Waals surface area contributed by atoms with E-state index >= 15 is 0 Å². The number of carbonyl (C=O) groups is 3. The van der Waals surface area contributed by atoms with E-state index in [1.165, 1.54) is 7.05 Å². The molecular formula is C17H24N2O4. The number of ether oxygens (including phenoxy) is 1. The predicted molar refractivity (Wildman–Crippen MR) is 86.7 cm³/mol. The first-order chi connectivity index (χ1) is 11.0. The Morgan fingerprint density at radius 3 is 2.35 bits per heavy atom. The lowest BCUT2D eigenvalue weighted by Gasteiger charge is -2.21. The lowest BCUT2D eigenvalue weighted by atomic mass is 9.86. The first kappa shape index (κ1) is 18.7. The maximum Gasteiger partial charge on any atom is 0.314 e. The quantitative estimate of drug-likeness (QED) is 0.705. The van der Waals surface area contributed by atoms with Crippen molar-refractivity contribution in [3.63, 3.8) is 0 Å². The molecule has 0 unspecified atom stereocenters. The van der Waals surface area contributed by atoms with E-state index < -0.39 is 24.4 Å². The second kappa shape index (κ2) is 9.61. The molecule has 0 aliphatic carbocycles. The summed E-state index contributed by atoms with van der Waals surface area (Å²) in [6.07, 6.45) is 0.817. The minimum Gasteiger partial charge on any atom is -0.455 e. The molecule has 0 spiro atoms. The molecule has 1 rings (SSSR count). The van der Waals surface area contributed by atoms with E-state index in [1.54, 1.807) is 0 Å². The minimum absolute atomic E-state index is 0.0961. The molecule has 6 nitrogen and oxygen atoms in total. The topological polar surface area (TPSA) is 84.5 Å². The molecule has 0 aliphatic rings. The highest BCUT2D eigenvalue weighted by molar-refractivity contribution is 5.87. The summed E-state index contributed by atoms with van der Waals surface area (Å²) in [5, 5.41) is 4.77. The Morgan fingerprint density at radius 2 is 1.78 bits per heavy atom. The van der Waals surface area contributed by atoms with Crippen molar-refractivity contribution in [2.45, 2.75) is 26.2 Å². The van der Waals surface area contributed by atoms with Crippen LogP contribution in [0.4, 0.5) is 0 Å². The molecule has 0 heterocycles. The molecule has 0 radical (unpaired) electrons. The largest absolute Gasteiger partial charge is 0.455 e. The van der Waals surface area contributed by atoms with Crippen molar-refractivity contribution in [3.05, 3.63) is 35.9 Å². The van der Waals surface area contributed by atoms with E-state index in [0.29, 0.717) is 0 Å². The molecule has 2 atom stereocenters. The van der Waals surface area contributed by atoms with Crippen molar-refractivity contribution in [1.82, 2.24) is 10.6 Å². The molecule has 23 heavy (non-hydrogen) atoms. The third-order valence-corrected chi connectivity index (χ3v) is 3.70. The van der Waals surface area contributed by atoms with Gasteiger partial charge < -0.3 is 15.4 Å². The van der Waals surface area contributed by atoms with Gasteiger partial charge >= 0.3 is 5.97 Å². The van der Waals surface area contributed by atoms with Crippen LogP contribution in [0.1, 0.15) is 31.7 Å². The number of hydrogen-bond acceptors (Lipinski definition) is 4. The maximum atomic E-state index is 12.4. The van der Waals surface area contributed by atoms with E-state index in [9.17, 15) is 14.4 Å². The number of hydrogen-bond donors (Lipinski definition) is 2. The van der Waals surface area contributed by atoms with Crippen molar-refractivity contribution in [2.24, 2.45) is 5.92 Å². The van der Waals surface area contributed by atoms with Gasteiger partial charge in [0.1, 0.15) is 0 Å². The molecular weight excluding hydrogens is 296 g/mol. The highest BCUT2D eigenvalue weighted by Crippen LogP contribution is 2.28. The van der Waals surface area contributed by atoms with E-state index in [-0.39, 0.29) is 18.4 Å². The number of amides is 2. The molecule has 1 aromatic rings. The second-order valence-corrected chi connectivity index (χ2v) is 5.33. The molecule has 126 valence electrons. The van der Waals surface area contributed by atoms with Crippen molar-refractivity contribution >= 4 is 17.8 Å². The smallest absolute Gasteiger partial charge is 0.314 e. The summed E-state index contributed by atoms with van der Waals surface area (Å²) in [6.45, 7) is 3.45. The van der Waals surface area contributed by atoms with E-state index in [4.69, 9.17) is 4.74 Å². The Bertz CT molecular complexity index is 531. The zero-order valence-electron chi connectivity index (χ0n) is 13.8. The second-order valence-electron chi connectivity index (χ2n) is 5.33. The molecule has 1 aromatic carbocycles. The van der Waals surface area contributed by atoms with E-state index in [0.717, 1.165) is 12.0 Å². The summed E-state index contributed by atoms with van der Waals surface area (Å²) in [6, 6.07) is 9.38. The number of benzene rings is 1. The summed E-state index contributed by atoms with van der Waals surface area (Å²) in [5.74, 6) is -1.56. The van der Waals surface area contributed by atoms with Crippen LogP contribution in [0, 0.1) is 5.92 Å². The number of likely N-dealkylation sites (N-methyl/N-ethyl adjacent to an activating group) is 1. The van der Waals surface area contributed by atoms with E-state index in [2.05, 4.69) is 10.6 Å². The summed E-state index contributed by atoms with van der Waals surface area (Å²) < 4.78 is 5.13. The van der Waals surface area contributed by atoms with Gasteiger partial charge in [-0.05, 0) is 11.5 Å². The summed E-state index contributed by atoms with van der Waals surface area (Å²) in [7, 11) is 1.48. The van der Waals surface area contributed by atoms with Crippen LogP contribution in [0.2, 0.25) is 0 Å². The van der Waals surface area contributed by atoms with Gasteiger partial charge in [-0.3, -0.25) is 14.4 Å². The van der Waals surface area contributed by atoms with Gasteiger partial charge in [-0.15, -0.1) is 0 Å². The summed E-state index contributed by atoms with van der Waals surface area (Å²) in [4.78, 5) is 35.0. The molecule has 0 fully saturated rings. The molecule has 0 saturated carbocycles. The van der Waals surface area contributed by atoms with Crippen LogP contribution in [-0.4, -0.2) is 38.0 Å². The first-order valence-electron chi connectivity index (χ1n) is 7.68. The Balaban J connectivity index is 2.61. The van der Waals surface area contributed by atoms with Crippen LogP contribution >= 0.6 is 0 Å². The molecule has 2 amide bonds. The van der Waals surface area contributed by atoms with Gasteiger partial charge in [-0.25, -0.2) is 0 Å². The lowest BCUT2D eigenvalue weighted by molar-refractivity contribution is -0.151. The molecule has 6 heteroatoms. The van der Waals surface area contributed by atoms with Crippen LogP contribution in [0.3, 0.4) is 0 Å². The first-order valence-corrected chi connectivity index (χ1v) is 7.68. The number of esters is 1. The van der Waals surface area contributed by atoms with Gasteiger partial charge in [0.2, 0.25) is 5.91 Å². The molecule has 0 aromatic heterocycles. The van der Waals surface area contributed by atoms with Crippen LogP contribution in [0.25, 0.3) is 0 Å². The van der Waals surface area contributed by atoms with Crippen molar-refractivity contribution in [3.8, 4) is 0 Å². The Hall–Kier alpha value is -2.37. The van der Waals surface area contributed by atoms with Gasteiger partial charge in [0.05, 0.1) is 12.5 Å². The minimum atomic E-state index is -0.502. The number of nitrogens with one attached hydrogen (secondary N) is 2. The third kappa shape index (κ3) is 6.10. The van der Waals surface area contributed by atoms with Crippen LogP contribution < -0.4 is 10.6 Å². The van der Waals surface area contributed by atoms with Crippen LogP contribution in [0.15, 0.2) is 30.3 Å². The summed E-state index contributed by atoms with van der Waals surface area (Å²) >= 11 is 0. The Morgan fingerprint density at radius 1 is 1.13 bits per heavy atom. The molecule has 0 bridgehead atoms. The van der Waals surface area contributed by atoms with Crippen LogP contribution in [0.5, 0.6) is 0 Å². The van der Waals surface area contributed by atoms with Crippen molar-refractivity contribution in [2.75, 3.05) is 20.2 Å². The molecule has 2 N–H and O–H groups in total. The van der Waals surface area contributed by atoms with Crippen molar-refractivity contribution < 1.29 is 19.1 Å². The highest BCUT2D eigenvalue weighted by Gasteiger charge is 2.27. The van der Waals surface area contributed by atoms with Gasteiger partial charge in [-0.1, -0.05) is 50.6 Å². The fourth-order valence-electron chi connectivity index (χ4n) is 2.14. The zero-order valence-corrected chi connectivity index (χ0v) is 13.8.